The van der Waals surface area contributed by atoms with Crippen molar-refractivity contribution in [2.75, 3.05) is 0 Å². The third kappa shape index (κ3) is 2.61. The SMILES string of the molecule is c1ccc(-c2ccc(-c3ccc(-c4cccs4)c4nsnc34)s2)cc1. The Kier molecular flexibility index (Phi) is 3.70. The zero-order chi connectivity index (χ0) is 16.6. The number of rotatable bonds is 3. The Morgan fingerprint density at radius 1 is 0.600 bits per heavy atom. The lowest BCUT2D eigenvalue weighted by Gasteiger charge is -2.03. The van der Waals surface area contributed by atoms with E-state index >= 15 is 0 Å². The van der Waals surface area contributed by atoms with Crippen LogP contribution in [0.5, 0.6) is 0 Å². The molecule has 0 bridgehead atoms. The molecule has 3 aromatic heterocycles. The van der Waals surface area contributed by atoms with E-state index in [0.717, 1.165) is 16.6 Å². The number of aromatic nitrogens is 2. The first-order valence-electron chi connectivity index (χ1n) is 7.85. The van der Waals surface area contributed by atoms with Gasteiger partial charge in [-0.2, -0.15) is 8.75 Å². The van der Waals surface area contributed by atoms with Gasteiger partial charge in [0.05, 0.1) is 11.7 Å². The van der Waals surface area contributed by atoms with E-state index in [4.69, 9.17) is 0 Å². The molecule has 2 nitrogen and oxygen atoms in total. The fourth-order valence-electron chi connectivity index (χ4n) is 2.94. The highest BCUT2D eigenvalue weighted by atomic mass is 32.1. The number of nitrogens with zero attached hydrogens (tertiary/aromatic N) is 2. The molecule has 5 aromatic rings. The quantitative estimate of drug-likeness (QED) is 0.345. The molecule has 0 aliphatic heterocycles. The molecule has 0 fully saturated rings. The van der Waals surface area contributed by atoms with Gasteiger partial charge in [0.15, 0.2) is 0 Å². The highest BCUT2D eigenvalue weighted by molar-refractivity contribution is 7.19. The first kappa shape index (κ1) is 15.0. The van der Waals surface area contributed by atoms with Crippen molar-refractivity contribution >= 4 is 45.4 Å². The Morgan fingerprint density at radius 3 is 2.04 bits per heavy atom. The molecule has 0 spiro atoms. The molecule has 3 heterocycles. The molecule has 5 heteroatoms. The van der Waals surface area contributed by atoms with Crippen LogP contribution in [0, 0.1) is 0 Å². The molecule has 0 saturated heterocycles. The maximum atomic E-state index is 4.59. The van der Waals surface area contributed by atoms with Crippen molar-refractivity contribution in [1.82, 2.24) is 8.75 Å². The van der Waals surface area contributed by atoms with E-state index in [1.807, 2.05) is 6.07 Å². The molecule has 0 aliphatic rings. The Bertz CT molecular complexity index is 1140. The Balaban J connectivity index is 1.64. The minimum atomic E-state index is 0.998. The normalized spacial score (nSPS) is 11.2. The van der Waals surface area contributed by atoms with Crippen molar-refractivity contribution in [2.45, 2.75) is 0 Å². The van der Waals surface area contributed by atoms with Gasteiger partial charge in [-0.1, -0.05) is 48.5 Å². The van der Waals surface area contributed by atoms with E-state index in [2.05, 4.69) is 74.8 Å². The molecule has 0 amide bonds. The van der Waals surface area contributed by atoms with E-state index in [1.54, 1.807) is 22.7 Å². The van der Waals surface area contributed by atoms with E-state index in [9.17, 15) is 0 Å². The van der Waals surface area contributed by atoms with Crippen LogP contribution in [0.25, 0.3) is 42.4 Å². The predicted octanol–water partition coefficient (Wildman–Crippen LogP) is 6.82. The second-order valence-electron chi connectivity index (χ2n) is 5.63. The molecule has 5 rings (SSSR count). The van der Waals surface area contributed by atoms with Crippen molar-refractivity contribution in [3.63, 3.8) is 0 Å². The molecular weight excluding hydrogens is 364 g/mol. The minimum absolute atomic E-state index is 0.998. The second-order valence-corrected chi connectivity index (χ2v) is 8.19. The number of hydrogen-bond acceptors (Lipinski definition) is 5. The third-order valence-corrected chi connectivity index (χ3v) is 6.73. The van der Waals surface area contributed by atoms with Gasteiger partial charge in [0.25, 0.3) is 0 Å². The third-order valence-electron chi connectivity index (χ3n) is 4.13. The Morgan fingerprint density at radius 2 is 1.32 bits per heavy atom. The summed E-state index contributed by atoms with van der Waals surface area (Å²) in [7, 11) is 0. The first-order chi connectivity index (χ1) is 12.4. The minimum Gasteiger partial charge on any atom is -0.172 e. The molecule has 120 valence electrons. The number of fused-ring (bicyclic) bond motifs is 1. The molecule has 0 N–H and O–H groups in total. The van der Waals surface area contributed by atoms with Gasteiger partial charge >= 0.3 is 0 Å². The summed E-state index contributed by atoms with van der Waals surface area (Å²) in [5, 5.41) is 2.10. The van der Waals surface area contributed by atoms with Gasteiger partial charge in [-0.15, -0.1) is 22.7 Å². The average molecular weight is 377 g/mol. The molecule has 0 radical (unpaired) electrons. The summed E-state index contributed by atoms with van der Waals surface area (Å²) < 4.78 is 9.16. The summed E-state index contributed by atoms with van der Waals surface area (Å²) in [6.45, 7) is 0. The van der Waals surface area contributed by atoms with Crippen LogP contribution >= 0.6 is 34.4 Å². The summed E-state index contributed by atoms with van der Waals surface area (Å²) in [5.41, 5.74) is 5.58. The van der Waals surface area contributed by atoms with Gasteiger partial charge in [-0.25, -0.2) is 0 Å². The van der Waals surface area contributed by atoms with Gasteiger partial charge in [0.1, 0.15) is 11.0 Å². The molecule has 0 aliphatic carbocycles. The molecule has 0 unspecified atom stereocenters. The highest BCUT2D eigenvalue weighted by Gasteiger charge is 2.15. The molecule has 2 aromatic carbocycles. The second kappa shape index (κ2) is 6.19. The molecule has 0 atom stereocenters. The van der Waals surface area contributed by atoms with E-state index in [0.29, 0.717) is 0 Å². The van der Waals surface area contributed by atoms with Crippen molar-refractivity contribution in [1.29, 1.82) is 0 Å². The number of thiophene rings is 2. The average Bonchev–Trinajstić information content (AvgIpc) is 3.42. The Labute approximate surface area is 157 Å². The summed E-state index contributed by atoms with van der Waals surface area (Å²) in [4.78, 5) is 3.74. The van der Waals surface area contributed by atoms with Crippen LogP contribution < -0.4 is 0 Å². The largest absolute Gasteiger partial charge is 0.172 e. The van der Waals surface area contributed by atoms with Crippen LogP contribution in [0.1, 0.15) is 0 Å². The van der Waals surface area contributed by atoms with Crippen molar-refractivity contribution < 1.29 is 0 Å². The van der Waals surface area contributed by atoms with E-state index < -0.39 is 0 Å². The smallest absolute Gasteiger partial charge is 0.114 e. The number of hydrogen-bond donors (Lipinski definition) is 0. The Hall–Kier alpha value is -2.34. The van der Waals surface area contributed by atoms with Crippen LogP contribution in [0.3, 0.4) is 0 Å². The van der Waals surface area contributed by atoms with Crippen LogP contribution in [0.15, 0.2) is 72.1 Å². The van der Waals surface area contributed by atoms with Crippen LogP contribution in [0.4, 0.5) is 0 Å². The summed E-state index contributed by atoms with van der Waals surface area (Å²) in [5.74, 6) is 0. The van der Waals surface area contributed by atoms with Crippen molar-refractivity contribution in [2.24, 2.45) is 0 Å². The maximum absolute atomic E-state index is 4.59. The van der Waals surface area contributed by atoms with Gasteiger partial charge in [0, 0.05) is 25.8 Å². The summed E-state index contributed by atoms with van der Waals surface area (Å²) in [6, 6.07) is 23.4. The maximum Gasteiger partial charge on any atom is 0.114 e. The fourth-order valence-corrected chi connectivity index (χ4v) is 5.30. The van der Waals surface area contributed by atoms with Gasteiger partial charge in [0.2, 0.25) is 0 Å². The monoisotopic (exact) mass is 376 g/mol. The van der Waals surface area contributed by atoms with Crippen LogP contribution in [-0.4, -0.2) is 8.75 Å². The van der Waals surface area contributed by atoms with E-state index in [1.165, 1.54) is 37.5 Å². The lowest BCUT2D eigenvalue weighted by atomic mass is 10.1. The molecular formula is C20H12N2S3. The zero-order valence-electron chi connectivity index (χ0n) is 13.0. The van der Waals surface area contributed by atoms with Gasteiger partial charge < -0.3 is 0 Å². The lowest BCUT2D eigenvalue weighted by molar-refractivity contribution is 1.63. The highest BCUT2D eigenvalue weighted by Crippen LogP contribution is 2.40. The first-order valence-corrected chi connectivity index (χ1v) is 10.3. The topological polar surface area (TPSA) is 25.8 Å². The fraction of sp³-hybridized carbons (Fsp3) is 0. The zero-order valence-corrected chi connectivity index (χ0v) is 15.5. The standard InChI is InChI=1S/C20H12N2S3/c1-2-5-13(6-3-1)16-10-11-18(24-16)15-9-8-14(17-7-4-12-23-17)19-20(15)22-25-21-19/h1-12H. The van der Waals surface area contributed by atoms with E-state index in [-0.39, 0.29) is 0 Å². The number of benzene rings is 2. The molecule has 25 heavy (non-hydrogen) atoms. The summed E-state index contributed by atoms with van der Waals surface area (Å²) in [6.07, 6.45) is 0. The predicted molar refractivity (Wildman–Crippen MR) is 109 cm³/mol. The van der Waals surface area contributed by atoms with Crippen LogP contribution in [-0.2, 0) is 0 Å². The van der Waals surface area contributed by atoms with Crippen molar-refractivity contribution in [3.05, 3.63) is 72.1 Å². The van der Waals surface area contributed by atoms with Gasteiger partial charge in [-0.05, 0) is 29.1 Å². The van der Waals surface area contributed by atoms with Gasteiger partial charge in [-0.3, -0.25) is 0 Å². The van der Waals surface area contributed by atoms with Crippen LogP contribution in [0.2, 0.25) is 0 Å². The lowest BCUT2D eigenvalue weighted by Crippen LogP contribution is -1.81. The van der Waals surface area contributed by atoms with Crippen molar-refractivity contribution in [3.8, 4) is 31.3 Å². The molecule has 0 saturated carbocycles. The summed E-state index contributed by atoms with van der Waals surface area (Å²) >= 11 is 4.82.